The number of aromatic amines is 1. The van der Waals surface area contributed by atoms with Gasteiger partial charge < -0.3 is 9.80 Å². The molecule has 0 aliphatic carbocycles. The molecule has 3 heterocycles. The third-order valence-electron chi connectivity index (χ3n) is 4.50. The van der Waals surface area contributed by atoms with Gasteiger partial charge >= 0.3 is 0 Å². The normalized spacial score (nSPS) is 18.1. The first-order valence-electron chi connectivity index (χ1n) is 8.86. The van der Waals surface area contributed by atoms with Crippen LogP contribution in [0.3, 0.4) is 0 Å². The quantitative estimate of drug-likeness (QED) is 0.901. The lowest BCUT2D eigenvalue weighted by molar-refractivity contribution is -0.137. The first-order valence-corrected chi connectivity index (χ1v) is 8.86. The molecule has 1 aliphatic rings. The monoisotopic (exact) mass is 356 g/mol. The molecule has 2 amide bonds. The summed E-state index contributed by atoms with van der Waals surface area (Å²) in [6.07, 6.45) is 3.93. The second-order valence-corrected chi connectivity index (χ2v) is 6.82. The standard InChI is InChI=1S/C18H24N6O2/c1-12(2)17(25)24-10-4-9-23(18(26)14-5-7-19-8-6-14)11-15(24)16-20-13(3)21-22-16/h5-8,12,15H,4,9-11H2,1-3H3,(H,20,21,22). The molecule has 1 atom stereocenters. The number of carbonyl (C=O) groups excluding carboxylic acids is 2. The number of rotatable bonds is 3. The Balaban J connectivity index is 1.90. The molecule has 138 valence electrons. The van der Waals surface area contributed by atoms with Crippen LogP contribution < -0.4 is 0 Å². The lowest BCUT2D eigenvalue weighted by Gasteiger charge is -2.31. The molecule has 1 N–H and O–H groups in total. The van der Waals surface area contributed by atoms with Gasteiger partial charge in [0.15, 0.2) is 5.82 Å². The first kappa shape index (κ1) is 18.0. The molecule has 1 aliphatic heterocycles. The molecule has 1 saturated heterocycles. The fourth-order valence-corrected chi connectivity index (χ4v) is 3.17. The Morgan fingerprint density at radius 1 is 1.23 bits per heavy atom. The number of hydrogen-bond acceptors (Lipinski definition) is 5. The van der Waals surface area contributed by atoms with E-state index in [1.165, 1.54) is 0 Å². The van der Waals surface area contributed by atoms with Crippen molar-refractivity contribution >= 4 is 11.8 Å². The van der Waals surface area contributed by atoms with Gasteiger partial charge in [-0.2, -0.15) is 5.10 Å². The Morgan fingerprint density at radius 2 is 1.96 bits per heavy atom. The summed E-state index contributed by atoms with van der Waals surface area (Å²) in [7, 11) is 0. The lowest BCUT2D eigenvalue weighted by atomic mass is 10.1. The molecule has 1 fully saturated rings. The Kier molecular flexibility index (Phi) is 5.29. The van der Waals surface area contributed by atoms with Crippen LogP contribution in [0.2, 0.25) is 0 Å². The van der Waals surface area contributed by atoms with E-state index < -0.39 is 0 Å². The first-order chi connectivity index (χ1) is 12.5. The molecule has 26 heavy (non-hydrogen) atoms. The number of nitrogens with one attached hydrogen (secondary N) is 1. The Bertz CT molecular complexity index is 773. The van der Waals surface area contributed by atoms with Gasteiger partial charge in [0.1, 0.15) is 11.9 Å². The summed E-state index contributed by atoms with van der Waals surface area (Å²) in [5.74, 6) is 1.10. The maximum absolute atomic E-state index is 12.9. The zero-order valence-electron chi connectivity index (χ0n) is 15.3. The summed E-state index contributed by atoms with van der Waals surface area (Å²) in [6, 6.07) is 3.05. The Labute approximate surface area is 152 Å². The van der Waals surface area contributed by atoms with Crippen LogP contribution in [0.25, 0.3) is 0 Å². The molecule has 8 nitrogen and oxygen atoms in total. The minimum Gasteiger partial charge on any atom is -0.336 e. The molecule has 0 bridgehead atoms. The van der Waals surface area contributed by atoms with Crippen LogP contribution >= 0.6 is 0 Å². The van der Waals surface area contributed by atoms with E-state index in [4.69, 9.17) is 0 Å². The summed E-state index contributed by atoms with van der Waals surface area (Å²) < 4.78 is 0. The maximum Gasteiger partial charge on any atom is 0.254 e. The predicted molar refractivity (Wildman–Crippen MR) is 95.2 cm³/mol. The number of aromatic nitrogens is 4. The van der Waals surface area contributed by atoms with Crippen LogP contribution in [0, 0.1) is 12.8 Å². The van der Waals surface area contributed by atoms with E-state index in [2.05, 4.69) is 20.2 Å². The highest BCUT2D eigenvalue weighted by Gasteiger charge is 2.34. The molecular weight excluding hydrogens is 332 g/mol. The summed E-state index contributed by atoms with van der Waals surface area (Å²) in [5.41, 5.74) is 0.591. The van der Waals surface area contributed by atoms with Crippen molar-refractivity contribution in [3.05, 3.63) is 41.7 Å². The summed E-state index contributed by atoms with van der Waals surface area (Å²) in [5, 5.41) is 7.10. The Hall–Kier alpha value is -2.77. The third kappa shape index (κ3) is 3.74. The maximum atomic E-state index is 12.9. The smallest absolute Gasteiger partial charge is 0.254 e. The minimum atomic E-state index is -0.358. The second-order valence-electron chi connectivity index (χ2n) is 6.82. The van der Waals surface area contributed by atoms with Gasteiger partial charge in [-0.05, 0) is 25.5 Å². The summed E-state index contributed by atoms with van der Waals surface area (Å²) in [4.78, 5) is 37.6. The van der Waals surface area contributed by atoms with Crippen molar-refractivity contribution in [2.45, 2.75) is 33.2 Å². The highest BCUT2D eigenvalue weighted by atomic mass is 16.2. The number of amides is 2. The Morgan fingerprint density at radius 3 is 2.58 bits per heavy atom. The van der Waals surface area contributed by atoms with Crippen LogP contribution in [-0.2, 0) is 4.79 Å². The van der Waals surface area contributed by atoms with Crippen molar-refractivity contribution < 1.29 is 9.59 Å². The van der Waals surface area contributed by atoms with Gasteiger partial charge in [-0.1, -0.05) is 13.8 Å². The zero-order chi connectivity index (χ0) is 18.7. The van der Waals surface area contributed by atoms with E-state index in [1.807, 2.05) is 25.7 Å². The van der Waals surface area contributed by atoms with Crippen LogP contribution in [0.1, 0.15) is 48.3 Å². The van der Waals surface area contributed by atoms with E-state index in [0.29, 0.717) is 36.8 Å². The van der Waals surface area contributed by atoms with Crippen molar-refractivity contribution in [2.24, 2.45) is 5.92 Å². The number of carbonyl (C=O) groups is 2. The SMILES string of the molecule is Cc1nc(C2CN(C(=O)c3ccncc3)CCCN2C(=O)C(C)C)n[nH]1. The van der Waals surface area contributed by atoms with Crippen LogP contribution in [0.4, 0.5) is 0 Å². The third-order valence-corrected chi connectivity index (χ3v) is 4.50. The molecule has 0 saturated carbocycles. The van der Waals surface area contributed by atoms with E-state index in [9.17, 15) is 9.59 Å². The molecule has 0 radical (unpaired) electrons. The highest BCUT2D eigenvalue weighted by Crippen LogP contribution is 2.25. The predicted octanol–water partition coefficient (Wildman–Crippen LogP) is 1.58. The molecular formula is C18H24N6O2. The highest BCUT2D eigenvalue weighted by molar-refractivity contribution is 5.94. The molecule has 0 aromatic carbocycles. The average Bonchev–Trinajstić information content (AvgIpc) is 2.95. The van der Waals surface area contributed by atoms with E-state index >= 15 is 0 Å². The molecule has 3 rings (SSSR count). The van der Waals surface area contributed by atoms with Gasteiger partial charge in [0, 0.05) is 43.5 Å². The fourth-order valence-electron chi connectivity index (χ4n) is 3.17. The van der Waals surface area contributed by atoms with Gasteiger partial charge in [0.2, 0.25) is 5.91 Å². The largest absolute Gasteiger partial charge is 0.336 e. The molecule has 1 unspecified atom stereocenters. The zero-order valence-corrected chi connectivity index (χ0v) is 15.3. The van der Waals surface area contributed by atoms with Crippen molar-refractivity contribution in [2.75, 3.05) is 19.6 Å². The van der Waals surface area contributed by atoms with E-state index in [-0.39, 0.29) is 23.8 Å². The minimum absolute atomic E-state index is 0.0515. The lowest BCUT2D eigenvalue weighted by Crippen LogP contribution is -2.42. The van der Waals surface area contributed by atoms with Crippen LogP contribution in [0.5, 0.6) is 0 Å². The van der Waals surface area contributed by atoms with Crippen LogP contribution in [-0.4, -0.2) is 61.4 Å². The van der Waals surface area contributed by atoms with Gasteiger partial charge in [0.25, 0.3) is 5.91 Å². The fraction of sp³-hybridized carbons (Fsp3) is 0.500. The van der Waals surface area contributed by atoms with Gasteiger partial charge in [-0.25, -0.2) is 4.98 Å². The number of H-pyrrole nitrogens is 1. The topological polar surface area (TPSA) is 95.1 Å². The van der Waals surface area contributed by atoms with Crippen molar-refractivity contribution in [3.8, 4) is 0 Å². The number of pyridine rings is 1. The molecule has 0 spiro atoms. The molecule has 8 heteroatoms. The summed E-state index contributed by atoms with van der Waals surface area (Å²) >= 11 is 0. The second kappa shape index (κ2) is 7.63. The van der Waals surface area contributed by atoms with Crippen molar-refractivity contribution in [1.29, 1.82) is 0 Å². The van der Waals surface area contributed by atoms with Crippen molar-refractivity contribution in [3.63, 3.8) is 0 Å². The molecule has 2 aromatic rings. The van der Waals surface area contributed by atoms with Gasteiger partial charge in [-0.3, -0.25) is 19.7 Å². The van der Waals surface area contributed by atoms with Crippen LogP contribution in [0.15, 0.2) is 24.5 Å². The van der Waals surface area contributed by atoms with Gasteiger partial charge in [-0.15, -0.1) is 0 Å². The van der Waals surface area contributed by atoms with Crippen molar-refractivity contribution in [1.82, 2.24) is 30.0 Å². The summed E-state index contributed by atoms with van der Waals surface area (Å²) in [6.45, 7) is 7.12. The number of aryl methyl sites for hydroxylation is 1. The number of hydrogen-bond donors (Lipinski definition) is 1. The molecule has 2 aromatic heterocycles. The van der Waals surface area contributed by atoms with E-state index in [1.54, 1.807) is 29.4 Å². The average molecular weight is 356 g/mol. The van der Waals surface area contributed by atoms with Gasteiger partial charge in [0.05, 0.1) is 0 Å². The number of nitrogens with zero attached hydrogens (tertiary/aromatic N) is 5. The van der Waals surface area contributed by atoms with E-state index in [0.717, 1.165) is 6.42 Å².